The molecule has 0 bridgehead atoms. The zero-order chi connectivity index (χ0) is 14.6. The van der Waals surface area contributed by atoms with E-state index in [0.717, 1.165) is 26.1 Å². The number of oxime groups is 1. The summed E-state index contributed by atoms with van der Waals surface area (Å²) in [7, 11) is 0. The third kappa shape index (κ3) is 3.46. The van der Waals surface area contributed by atoms with E-state index in [-0.39, 0.29) is 17.2 Å². The van der Waals surface area contributed by atoms with Crippen LogP contribution in [0.25, 0.3) is 0 Å². The molecule has 1 heterocycles. The number of nitrogens with zero attached hydrogens (tertiary/aromatic N) is 1. The van der Waals surface area contributed by atoms with E-state index >= 15 is 0 Å². The Kier molecular flexibility index (Phi) is 4.57. The number of nitrogens with one attached hydrogen (secondary N) is 1. The first kappa shape index (κ1) is 14.7. The molecular weight excluding hydrogens is 261 g/mol. The van der Waals surface area contributed by atoms with Gasteiger partial charge in [0, 0.05) is 36.4 Å². The second kappa shape index (κ2) is 6.19. The summed E-state index contributed by atoms with van der Waals surface area (Å²) in [5.74, 6) is -0.461. The maximum atomic E-state index is 14.0. The van der Waals surface area contributed by atoms with E-state index in [4.69, 9.17) is 15.7 Å². The molecule has 0 atom stereocenters. The molecule has 0 amide bonds. The number of ether oxygens (including phenoxy) is 1. The molecule has 5 nitrogen and oxygen atoms in total. The molecule has 0 unspecified atom stereocenters. The van der Waals surface area contributed by atoms with Gasteiger partial charge in [0.2, 0.25) is 0 Å². The fraction of sp³-hybridized carbons (Fsp3) is 0.500. The maximum Gasteiger partial charge on any atom is 0.170 e. The van der Waals surface area contributed by atoms with Gasteiger partial charge in [-0.3, -0.25) is 0 Å². The van der Waals surface area contributed by atoms with Crippen molar-refractivity contribution in [1.82, 2.24) is 5.32 Å². The van der Waals surface area contributed by atoms with Gasteiger partial charge >= 0.3 is 0 Å². The Morgan fingerprint density at radius 3 is 2.80 bits per heavy atom. The molecule has 0 aliphatic carbocycles. The normalized spacial score (nSPS) is 19.0. The van der Waals surface area contributed by atoms with Gasteiger partial charge in [-0.25, -0.2) is 4.39 Å². The lowest BCUT2D eigenvalue weighted by Crippen LogP contribution is -2.46. The lowest BCUT2D eigenvalue weighted by atomic mass is 9.92. The SMILES string of the molecule is CC1(NCc2ccc(/C(N)=N/O)cc2F)CCOCC1. The molecule has 0 radical (unpaired) electrons. The predicted molar refractivity (Wildman–Crippen MR) is 74.2 cm³/mol. The highest BCUT2D eigenvalue weighted by molar-refractivity contribution is 5.97. The van der Waals surface area contributed by atoms with Crippen LogP contribution in [0, 0.1) is 5.82 Å². The Morgan fingerprint density at radius 2 is 2.20 bits per heavy atom. The van der Waals surface area contributed by atoms with Gasteiger partial charge in [0.1, 0.15) is 5.82 Å². The van der Waals surface area contributed by atoms with Gasteiger partial charge in [-0.2, -0.15) is 0 Å². The Morgan fingerprint density at radius 1 is 1.50 bits per heavy atom. The molecule has 1 aliphatic rings. The molecular formula is C14H20FN3O2. The first-order chi connectivity index (χ1) is 9.54. The average molecular weight is 281 g/mol. The van der Waals surface area contributed by atoms with Crippen LogP contribution >= 0.6 is 0 Å². The largest absolute Gasteiger partial charge is 0.409 e. The predicted octanol–water partition coefficient (Wildman–Crippen LogP) is 1.58. The monoisotopic (exact) mass is 281 g/mol. The van der Waals surface area contributed by atoms with Crippen LogP contribution in [0.3, 0.4) is 0 Å². The van der Waals surface area contributed by atoms with Crippen LogP contribution in [0.4, 0.5) is 4.39 Å². The number of halogens is 1. The molecule has 1 fully saturated rings. The molecule has 2 rings (SSSR count). The summed E-state index contributed by atoms with van der Waals surface area (Å²) in [5, 5.41) is 14.8. The number of rotatable bonds is 4. The third-order valence-corrected chi connectivity index (χ3v) is 3.76. The standard InChI is InChI=1S/C14H20FN3O2/c1-14(4-6-20-7-5-14)17-9-11-3-2-10(8-12(11)15)13(16)18-19/h2-3,8,17,19H,4-7,9H2,1H3,(H2,16,18). The van der Waals surface area contributed by atoms with Crippen LogP contribution in [-0.2, 0) is 11.3 Å². The van der Waals surface area contributed by atoms with E-state index in [2.05, 4.69) is 17.4 Å². The average Bonchev–Trinajstić information content (AvgIpc) is 2.46. The van der Waals surface area contributed by atoms with Crippen molar-refractivity contribution in [3.05, 3.63) is 35.1 Å². The fourth-order valence-electron chi connectivity index (χ4n) is 2.22. The van der Waals surface area contributed by atoms with Gasteiger partial charge in [-0.15, -0.1) is 0 Å². The van der Waals surface area contributed by atoms with Crippen molar-refractivity contribution in [2.75, 3.05) is 13.2 Å². The molecule has 1 aromatic carbocycles. The number of hydrogen-bond acceptors (Lipinski definition) is 4. The van der Waals surface area contributed by atoms with Gasteiger partial charge in [0.25, 0.3) is 0 Å². The number of hydrogen-bond donors (Lipinski definition) is 3. The second-order valence-corrected chi connectivity index (χ2v) is 5.32. The molecule has 1 aliphatic heterocycles. The molecule has 1 saturated heterocycles. The van der Waals surface area contributed by atoms with E-state index in [1.54, 1.807) is 12.1 Å². The third-order valence-electron chi connectivity index (χ3n) is 3.76. The molecule has 0 aromatic heterocycles. The number of amidine groups is 1. The summed E-state index contributed by atoms with van der Waals surface area (Å²) in [6, 6.07) is 4.57. The summed E-state index contributed by atoms with van der Waals surface area (Å²) in [4.78, 5) is 0. The van der Waals surface area contributed by atoms with Crippen LogP contribution in [0.15, 0.2) is 23.4 Å². The maximum absolute atomic E-state index is 14.0. The van der Waals surface area contributed by atoms with Crippen molar-refractivity contribution >= 4 is 5.84 Å². The first-order valence-corrected chi connectivity index (χ1v) is 6.63. The van der Waals surface area contributed by atoms with Crippen molar-refractivity contribution in [2.24, 2.45) is 10.9 Å². The minimum Gasteiger partial charge on any atom is -0.409 e. The Balaban J connectivity index is 2.03. The Bertz CT molecular complexity index is 499. The van der Waals surface area contributed by atoms with Gasteiger partial charge in [0.05, 0.1) is 0 Å². The van der Waals surface area contributed by atoms with Crippen molar-refractivity contribution in [1.29, 1.82) is 0 Å². The van der Waals surface area contributed by atoms with Crippen LogP contribution in [-0.4, -0.2) is 29.8 Å². The van der Waals surface area contributed by atoms with Crippen LogP contribution in [0.2, 0.25) is 0 Å². The van der Waals surface area contributed by atoms with E-state index < -0.39 is 0 Å². The van der Waals surface area contributed by atoms with Crippen molar-refractivity contribution < 1.29 is 14.3 Å². The van der Waals surface area contributed by atoms with Gasteiger partial charge in [-0.05, 0) is 25.8 Å². The minimum atomic E-state index is -0.364. The molecule has 1 aromatic rings. The minimum absolute atomic E-state index is 0.0189. The smallest absolute Gasteiger partial charge is 0.170 e. The molecule has 0 spiro atoms. The molecule has 4 N–H and O–H groups in total. The van der Waals surface area contributed by atoms with Crippen molar-refractivity contribution in [3.8, 4) is 0 Å². The second-order valence-electron chi connectivity index (χ2n) is 5.32. The summed E-state index contributed by atoms with van der Waals surface area (Å²) in [5.41, 5.74) is 6.34. The summed E-state index contributed by atoms with van der Waals surface area (Å²) >= 11 is 0. The van der Waals surface area contributed by atoms with Crippen molar-refractivity contribution in [2.45, 2.75) is 31.8 Å². The molecule has 110 valence electrons. The molecule has 6 heteroatoms. The first-order valence-electron chi connectivity index (χ1n) is 6.63. The van der Waals surface area contributed by atoms with Crippen LogP contribution in [0.5, 0.6) is 0 Å². The highest BCUT2D eigenvalue weighted by Crippen LogP contribution is 2.21. The lowest BCUT2D eigenvalue weighted by Gasteiger charge is -2.34. The lowest BCUT2D eigenvalue weighted by molar-refractivity contribution is 0.0445. The van der Waals surface area contributed by atoms with Gasteiger partial charge < -0.3 is 21.0 Å². The van der Waals surface area contributed by atoms with Crippen LogP contribution < -0.4 is 11.1 Å². The van der Waals surface area contributed by atoms with E-state index in [0.29, 0.717) is 17.7 Å². The van der Waals surface area contributed by atoms with Gasteiger partial charge in [-0.1, -0.05) is 17.3 Å². The number of nitrogens with two attached hydrogens (primary N) is 1. The topological polar surface area (TPSA) is 79.9 Å². The Hall–Kier alpha value is -1.66. The van der Waals surface area contributed by atoms with Crippen molar-refractivity contribution in [3.63, 3.8) is 0 Å². The quantitative estimate of drug-likeness (QED) is 0.339. The molecule has 20 heavy (non-hydrogen) atoms. The molecule has 0 saturated carbocycles. The Labute approximate surface area is 117 Å². The highest BCUT2D eigenvalue weighted by atomic mass is 19.1. The van der Waals surface area contributed by atoms with Crippen LogP contribution in [0.1, 0.15) is 30.9 Å². The van der Waals surface area contributed by atoms with E-state index in [1.807, 2.05) is 0 Å². The zero-order valence-corrected chi connectivity index (χ0v) is 11.5. The summed E-state index contributed by atoms with van der Waals surface area (Å²) < 4.78 is 19.3. The highest BCUT2D eigenvalue weighted by Gasteiger charge is 2.26. The van der Waals surface area contributed by atoms with E-state index in [1.165, 1.54) is 6.07 Å². The zero-order valence-electron chi connectivity index (χ0n) is 11.5. The number of benzene rings is 1. The summed E-state index contributed by atoms with van der Waals surface area (Å²) in [6.45, 7) is 4.03. The van der Waals surface area contributed by atoms with Gasteiger partial charge in [0.15, 0.2) is 5.84 Å². The van der Waals surface area contributed by atoms with E-state index in [9.17, 15) is 4.39 Å². The summed E-state index contributed by atoms with van der Waals surface area (Å²) in [6.07, 6.45) is 1.83. The fourth-order valence-corrected chi connectivity index (χ4v) is 2.22.